The highest BCUT2D eigenvalue weighted by molar-refractivity contribution is 5.58. The molecule has 3 aromatic rings. The number of hydrogen-bond acceptors (Lipinski definition) is 5. The lowest BCUT2D eigenvalue weighted by Gasteiger charge is -2.08. The number of halogens is 3. The van der Waals surface area contributed by atoms with Crippen LogP contribution >= 0.6 is 0 Å². The number of hydrogen-bond donors (Lipinski definition) is 0. The Morgan fingerprint density at radius 3 is 2.60 bits per heavy atom. The Labute approximate surface area is 138 Å². The van der Waals surface area contributed by atoms with Crippen molar-refractivity contribution in [3.8, 4) is 11.4 Å². The van der Waals surface area contributed by atoms with Crippen LogP contribution in [0.4, 0.5) is 18.9 Å². The van der Waals surface area contributed by atoms with Crippen LogP contribution in [-0.2, 0) is 12.7 Å². The van der Waals surface area contributed by atoms with Crippen LogP contribution in [0.3, 0.4) is 0 Å². The van der Waals surface area contributed by atoms with E-state index in [1.54, 1.807) is 6.07 Å². The molecule has 25 heavy (non-hydrogen) atoms. The normalized spacial score (nSPS) is 11.5. The second-order valence-electron chi connectivity index (χ2n) is 5.15. The largest absolute Gasteiger partial charge is 0.416 e. The van der Waals surface area contributed by atoms with Crippen LogP contribution < -0.4 is 0 Å². The van der Waals surface area contributed by atoms with Gasteiger partial charge in [-0.2, -0.15) is 18.0 Å². The minimum atomic E-state index is -4.43. The summed E-state index contributed by atoms with van der Waals surface area (Å²) in [6.07, 6.45) is -4.43. The standard InChI is InChI=1S/C15H10F3N5O2/c16-15(17,18)12-5-1-3-10(7-12)9-22-20-14(19-21-22)11-4-2-6-13(8-11)23(24)25/h1-8H,9H2. The molecule has 0 fully saturated rings. The smallest absolute Gasteiger partial charge is 0.258 e. The van der Waals surface area contributed by atoms with Crippen LogP contribution in [0.1, 0.15) is 11.1 Å². The maximum absolute atomic E-state index is 12.7. The summed E-state index contributed by atoms with van der Waals surface area (Å²) in [7, 11) is 0. The summed E-state index contributed by atoms with van der Waals surface area (Å²) < 4.78 is 38.2. The molecule has 0 aliphatic heterocycles. The van der Waals surface area contributed by atoms with Crippen molar-refractivity contribution in [1.82, 2.24) is 20.2 Å². The van der Waals surface area contributed by atoms with Crippen molar-refractivity contribution in [3.05, 3.63) is 69.8 Å². The van der Waals surface area contributed by atoms with Crippen molar-refractivity contribution < 1.29 is 18.1 Å². The number of rotatable bonds is 4. The Kier molecular flexibility index (Phi) is 4.17. The molecule has 0 unspecified atom stereocenters. The molecule has 1 aromatic heterocycles. The van der Waals surface area contributed by atoms with E-state index >= 15 is 0 Å². The minimum Gasteiger partial charge on any atom is -0.258 e. The van der Waals surface area contributed by atoms with Gasteiger partial charge in [-0.25, -0.2) is 0 Å². The first kappa shape index (κ1) is 16.6. The quantitative estimate of drug-likeness (QED) is 0.533. The molecule has 1 heterocycles. The molecule has 0 atom stereocenters. The summed E-state index contributed by atoms with van der Waals surface area (Å²) >= 11 is 0. The molecule has 0 saturated heterocycles. The molecule has 0 N–H and O–H groups in total. The second-order valence-corrected chi connectivity index (χ2v) is 5.15. The summed E-state index contributed by atoms with van der Waals surface area (Å²) in [4.78, 5) is 11.4. The Bertz CT molecular complexity index is 923. The van der Waals surface area contributed by atoms with E-state index in [1.165, 1.54) is 30.3 Å². The lowest BCUT2D eigenvalue weighted by molar-refractivity contribution is -0.384. The van der Waals surface area contributed by atoms with Gasteiger partial charge in [0.2, 0.25) is 5.82 Å². The van der Waals surface area contributed by atoms with Crippen molar-refractivity contribution in [2.45, 2.75) is 12.7 Å². The maximum atomic E-state index is 12.7. The first-order valence-corrected chi connectivity index (χ1v) is 7.02. The highest BCUT2D eigenvalue weighted by Crippen LogP contribution is 2.29. The first-order valence-electron chi connectivity index (χ1n) is 7.02. The van der Waals surface area contributed by atoms with Gasteiger partial charge in [0, 0.05) is 17.7 Å². The van der Waals surface area contributed by atoms with E-state index in [0.717, 1.165) is 16.9 Å². The number of benzene rings is 2. The third-order valence-corrected chi connectivity index (χ3v) is 3.35. The fourth-order valence-electron chi connectivity index (χ4n) is 2.19. The van der Waals surface area contributed by atoms with E-state index in [9.17, 15) is 23.3 Å². The van der Waals surface area contributed by atoms with E-state index in [4.69, 9.17) is 0 Å². The van der Waals surface area contributed by atoms with Crippen molar-refractivity contribution >= 4 is 5.69 Å². The van der Waals surface area contributed by atoms with Crippen LogP contribution in [0, 0.1) is 10.1 Å². The molecule has 0 radical (unpaired) electrons. The average molecular weight is 349 g/mol. The van der Waals surface area contributed by atoms with Gasteiger partial charge in [-0.15, -0.1) is 10.2 Å². The zero-order chi connectivity index (χ0) is 18.0. The average Bonchev–Trinajstić information content (AvgIpc) is 3.03. The Hall–Kier alpha value is -3.30. The van der Waals surface area contributed by atoms with Gasteiger partial charge in [0.25, 0.3) is 5.69 Å². The number of nitro benzene ring substituents is 1. The maximum Gasteiger partial charge on any atom is 0.416 e. The molecule has 2 aromatic carbocycles. The third-order valence-electron chi connectivity index (χ3n) is 3.35. The number of nitro groups is 1. The van der Waals surface area contributed by atoms with Crippen LogP contribution in [-0.4, -0.2) is 25.1 Å². The summed E-state index contributed by atoms with van der Waals surface area (Å²) in [5.74, 6) is 0.149. The molecule has 7 nitrogen and oxygen atoms in total. The molecular weight excluding hydrogens is 339 g/mol. The summed E-state index contributed by atoms with van der Waals surface area (Å²) in [5, 5.41) is 22.4. The van der Waals surface area contributed by atoms with E-state index in [-0.39, 0.29) is 18.1 Å². The Balaban J connectivity index is 1.83. The van der Waals surface area contributed by atoms with E-state index in [1.807, 2.05) is 0 Å². The third kappa shape index (κ3) is 3.79. The summed E-state index contributed by atoms with van der Waals surface area (Å²) in [6.45, 7) is -0.00809. The van der Waals surface area contributed by atoms with Gasteiger partial charge in [-0.05, 0) is 22.9 Å². The lowest BCUT2D eigenvalue weighted by Crippen LogP contribution is -2.08. The monoisotopic (exact) mass is 349 g/mol. The first-order chi connectivity index (χ1) is 11.8. The van der Waals surface area contributed by atoms with E-state index in [0.29, 0.717) is 11.1 Å². The van der Waals surface area contributed by atoms with Gasteiger partial charge >= 0.3 is 6.18 Å². The molecule has 3 rings (SSSR count). The van der Waals surface area contributed by atoms with Crippen molar-refractivity contribution in [2.75, 3.05) is 0 Å². The van der Waals surface area contributed by atoms with Crippen LogP contribution in [0.2, 0.25) is 0 Å². The van der Waals surface area contributed by atoms with Crippen molar-refractivity contribution in [3.63, 3.8) is 0 Å². The SMILES string of the molecule is O=[N+]([O-])c1cccc(-c2nnn(Cc3cccc(C(F)(F)F)c3)n2)c1. The molecule has 0 amide bonds. The highest BCUT2D eigenvalue weighted by Gasteiger charge is 2.30. The summed E-state index contributed by atoms with van der Waals surface area (Å²) in [6, 6.07) is 10.5. The fraction of sp³-hybridized carbons (Fsp3) is 0.133. The van der Waals surface area contributed by atoms with Crippen LogP contribution in [0.25, 0.3) is 11.4 Å². The topological polar surface area (TPSA) is 86.7 Å². The van der Waals surface area contributed by atoms with Gasteiger partial charge in [0.05, 0.1) is 17.0 Å². The van der Waals surface area contributed by atoms with Crippen molar-refractivity contribution in [2.24, 2.45) is 0 Å². The molecule has 0 spiro atoms. The van der Waals surface area contributed by atoms with Gasteiger partial charge in [-0.1, -0.05) is 24.3 Å². The van der Waals surface area contributed by atoms with E-state index < -0.39 is 16.7 Å². The second kappa shape index (κ2) is 6.30. The highest BCUT2D eigenvalue weighted by atomic mass is 19.4. The van der Waals surface area contributed by atoms with Gasteiger partial charge in [0.15, 0.2) is 0 Å². The van der Waals surface area contributed by atoms with Gasteiger partial charge in [-0.3, -0.25) is 10.1 Å². The molecule has 0 aliphatic carbocycles. The Morgan fingerprint density at radius 1 is 1.12 bits per heavy atom. The lowest BCUT2D eigenvalue weighted by atomic mass is 10.1. The predicted octanol–water partition coefficient (Wildman–Crippen LogP) is 3.32. The molecular formula is C15H10F3N5O2. The van der Waals surface area contributed by atoms with Crippen LogP contribution in [0.15, 0.2) is 48.5 Å². The summed E-state index contributed by atoms with van der Waals surface area (Å²) in [5.41, 5.74) is -0.127. The molecule has 10 heteroatoms. The van der Waals surface area contributed by atoms with Gasteiger partial charge < -0.3 is 0 Å². The number of alkyl halides is 3. The number of tetrazole rings is 1. The predicted molar refractivity (Wildman–Crippen MR) is 80.5 cm³/mol. The van der Waals surface area contributed by atoms with E-state index in [2.05, 4.69) is 15.4 Å². The number of aromatic nitrogens is 4. The Morgan fingerprint density at radius 2 is 1.88 bits per heavy atom. The number of non-ortho nitro benzene ring substituents is 1. The fourth-order valence-corrected chi connectivity index (χ4v) is 2.19. The molecule has 128 valence electrons. The van der Waals surface area contributed by atoms with Crippen LogP contribution in [0.5, 0.6) is 0 Å². The molecule has 0 saturated carbocycles. The van der Waals surface area contributed by atoms with Gasteiger partial charge in [0.1, 0.15) is 0 Å². The number of nitrogens with zero attached hydrogens (tertiary/aromatic N) is 5. The molecule has 0 aliphatic rings. The minimum absolute atomic E-state index is 0.00809. The zero-order valence-electron chi connectivity index (χ0n) is 12.5. The zero-order valence-corrected chi connectivity index (χ0v) is 12.5. The molecule has 0 bridgehead atoms. The van der Waals surface area contributed by atoms with Crippen molar-refractivity contribution in [1.29, 1.82) is 0 Å².